The van der Waals surface area contributed by atoms with Crippen molar-refractivity contribution in [3.63, 3.8) is 0 Å². The summed E-state index contributed by atoms with van der Waals surface area (Å²) < 4.78 is 0. The summed E-state index contributed by atoms with van der Waals surface area (Å²) in [7, 11) is 0. The molecular formula is C24H52N2. The van der Waals surface area contributed by atoms with Crippen LogP contribution >= 0.6 is 0 Å². The average molecular weight is 369 g/mol. The lowest BCUT2D eigenvalue weighted by molar-refractivity contribution is 0.259. The Balaban J connectivity index is 3.26. The van der Waals surface area contributed by atoms with Crippen molar-refractivity contribution in [1.29, 1.82) is 0 Å². The van der Waals surface area contributed by atoms with Gasteiger partial charge in [0.05, 0.1) is 0 Å². The van der Waals surface area contributed by atoms with Crippen LogP contribution in [0.3, 0.4) is 0 Å². The van der Waals surface area contributed by atoms with Crippen molar-refractivity contribution in [2.45, 2.75) is 129 Å². The number of hydrogen-bond acceptors (Lipinski definition) is 2. The number of nitrogens with two attached hydrogens (primary N) is 1. The predicted molar refractivity (Wildman–Crippen MR) is 120 cm³/mol. The number of rotatable bonds is 22. The summed E-state index contributed by atoms with van der Waals surface area (Å²) in [5, 5.41) is 0. The lowest BCUT2D eigenvalue weighted by atomic mass is 10.0. The maximum absolute atomic E-state index is 5.52. The molecule has 2 heteroatoms. The molecule has 0 bridgehead atoms. The fourth-order valence-corrected chi connectivity index (χ4v) is 3.70. The van der Waals surface area contributed by atoms with E-state index in [1.807, 2.05) is 0 Å². The maximum atomic E-state index is 5.52. The normalized spacial score (nSPS) is 11.5. The Morgan fingerprint density at radius 2 is 0.731 bits per heavy atom. The lowest BCUT2D eigenvalue weighted by Crippen LogP contribution is -2.27. The van der Waals surface area contributed by atoms with E-state index in [1.165, 1.54) is 135 Å². The second-order valence-corrected chi connectivity index (χ2v) is 8.29. The van der Waals surface area contributed by atoms with E-state index in [9.17, 15) is 0 Å². The van der Waals surface area contributed by atoms with Gasteiger partial charge < -0.3 is 10.6 Å². The first kappa shape index (κ1) is 25.9. The van der Waals surface area contributed by atoms with Crippen molar-refractivity contribution in [2.75, 3.05) is 26.2 Å². The third-order valence-electron chi connectivity index (χ3n) is 5.58. The minimum Gasteiger partial charge on any atom is -0.330 e. The third-order valence-corrected chi connectivity index (χ3v) is 5.58. The lowest BCUT2D eigenvalue weighted by Gasteiger charge is -2.21. The minimum absolute atomic E-state index is 0.871. The van der Waals surface area contributed by atoms with Crippen molar-refractivity contribution in [3.05, 3.63) is 0 Å². The average Bonchev–Trinajstić information content (AvgIpc) is 2.66. The van der Waals surface area contributed by atoms with Crippen LogP contribution < -0.4 is 5.73 Å². The summed E-state index contributed by atoms with van der Waals surface area (Å²) in [6.45, 7) is 9.47. The Labute approximate surface area is 166 Å². The molecule has 0 saturated heterocycles. The largest absolute Gasteiger partial charge is 0.330 e. The van der Waals surface area contributed by atoms with Crippen LogP contribution in [-0.2, 0) is 0 Å². The van der Waals surface area contributed by atoms with E-state index in [0.717, 1.165) is 6.54 Å². The molecule has 0 radical (unpaired) electrons. The van der Waals surface area contributed by atoms with E-state index in [2.05, 4.69) is 18.7 Å². The van der Waals surface area contributed by atoms with Gasteiger partial charge in [0.2, 0.25) is 0 Å². The van der Waals surface area contributed by atoms with Crippen LogP contribution in [0.2, 0.25) is 0 Å². The van der Waals surface area contributed by atoms with Gasteiger partial charge >= 0.3 is 0 Å². The molecule has 0 atom stereocenters. The zero-order valence-corrected chi connectivity index (χ0v) is 18.6. The Hall–Kier alpha value is -0.0800. The van der Waals surface area contributed by atoms with Crippen LogP contribution in [0.5, 0.6) is 0 Å². The smallest absolute Gasteiger partial charge is 0.00187 e. The third kappa shape index (κ3) is 20.2. The molecule has 2 N–H and O–H groups in total. The Morgan fingerprint density at radius 3 is 1.08 bits per heavy atom. The first-order valence-corrected chi connectivity index (χ1v) is 12.3. The standard InChI is InChI=1S/C24H52N2/c1-3-5-22-26(23-6-4-2)24-20-18-16-14-12-10-8-7-9-11-13-15-17-19-21-25/h3-25H2,1-2H3. The molecule has 0 aromatic heterocycles. The summed E-state index contributed by atoms with van der Waals surface area (Å²) in [6, 6.07) is 0. The number of unbranched alkanes of at least 4 members (excludes halogenated alkanes) is 15. The highest BCUT2D eigenvalue weighted by atomic mass is 15.1. The van der Waals surface area contributed by atoms with Crippen molar-refractivity contribution in [1.82, 2.24) is 4.90 Å². The zero-order valence-electron chi connectivity index (χ0n) is 18.6. The Morgan fingerprint density at radius 1 is 0.423 bits per heavy atom. The number of nitrogens with zero attached hydrogens (tertiary/aromatic N) is 1. The van der Waals surface area contributed by atoms with Crippen LogP contribution in [0.1, 0.15) is 129 Å². The van der Waals surface area contributed by atoms with E-state index < -0.39 is 0 Å². The highest BCUT2D eigenvalue weighted by molar-refractivity contribution is 4.58. The number of hydrogen-bond donors (Lipinski definition) is 1. The molecule has 0 amide bonds. The Kier molecular flexibility index (Phi) is 22.9. The second-order valence-electron chi connectivity index (χ2n) is 8.29. The van der Waals surface area contributed by atoms with Gasteiger partial charge in [-0.05, 0) is 51.9 Å². The molecule has 2 nitrogen and oxygen atoms in total. The van der Waals surface area contributed by atoms with Gasteiger partial charge in [0.1, 0.15) is 0 Å². The van der Waals surface area contributed by atoms with Crippen molar-refractivity contribution in [2.24, 2.45) is 5.73 Å². The van der Waals surface area contributed by atoms with Crippen LogP contribution in [0.25, 0.3) is 0 Å². The van der Waals surface area contributed by atoms with Crippen LogP contribution in [0.4, 0.5) is 0 Å². The molecule has 158 valence electrons. The summed E-state index contributed by atoms with van der Waals surface area (Å²) >= 11 is 0. The molecule has 0 rings (SSSR count). The van der Waals surface area contributed by atoms with Crippen LogP contribution in [0, 0.1) is 0 Å². The molecule has 26 heavy (non-hydrogen) atoms. The summed E-state index contributed by atoms with van der Waals surface area (Å²) in [4.78, 5) is 2.71. The molecular weight excluding hydrogens is 316 g/mol. The molecule has 0 aliphatic rings. The van der Waals surface area contributed by atoms with Gasteiger partial charge in [-0.2, -0.15) is 0 Å². The maximum Gasteiger partial charge on any atom is -0.00187 e. The van der Waals surface area contributed by atoms with Gasteiger partial charge in [-0.1, -0.05) is 104 Å². The highest BCUT2D eigenvalue weighted by Crippen LogP contribution is 2.13. The Bertz CT molecular complexity index is 234. The zero-order chi connectivity index (χ0) is 19.1. The van der Waals surface area contributed by atoms with E-state index in [1.54, 1.807) is 0 Å². The molecule has 0 aromatic rings. The SMILES string of the molecule is CCCCN(CCCC)CCCCCCCCCCCCCCCCN. The first-order valence-electron chi connectivity index (χ1n) is 12.3. The molecule has 0 aromatic carbocycles. The molecule has 0 unspecified atom stereocenters. The van der Waals surface area contributed by atoms with Crippen LogP contribution in [-0.4, -0.2) is 31.1 Å². The second kappa shape index (κ2) is 23.0. The minimum atomic E-state index is 0.871. The summed E-state index contributed by atoms with van der Waals surface area (Å²) in [6.07, 6.45) is 25.3. The van der Waals surface area contributed by atoms with Gasteiger partial charge in [0, 0.05) is 0 Å². The van der Waals surface area contributed by atoms with Crippen LogP contribution in [0.15, 0.2) is 0 Å². The fourth-order valence-electron chi connectivity index (χ4n) is 3.70. The summed E-state index contributed by atoms with van der Waals surface area (Å²) in [5.41, 5.74) is 5.52. The molecule has 0 fully saturated rings. The quantitative estimate of drug-likeness (QED) is 0.203. The van der Waals surface area contributed by atoms with Gasteiger partial charge in [-0.25, -0.2) is 0 Å². The van der Waals surface area contributed by atoms with E-state index in [0.29, 0.717) is 0 Å². The topological polar surface area (TPSA) is 29.3 Å². The predicted octanol–water partition coefficient (Wildman–Crippen LogP) is 7.31. The van der Waals surface area contributed by atoms with E-state index in [-0.39, 0.29) is 0 Å². The van der Waals surface area contributed by atoms with Crippen molar-refractivity contribution >= 4 is 0 Å². The monoisotopic (exact) mass is 368 g/mol. The van der Waals surface area contributed by atoms with E-state index >= 15 is 0 Å². The molecule has 0 aliphatic heterocycles. The van der Waals surface area contributed by atoms with Gasteiger partial charge in [-0.3, -0.25) is 0 Å². The van der Waals surface area contributed by atoms with Gasteiger partial charge in [0.15, 0.2) is 0 Å². The molecule has 0 saturated carbocycles. The summed E-state index contributed by atoms with van der Waals surface area (Å²) in [5.74, 6) is 0. The van der Waals surface area contributed by atoms with Crippen molar-refractivity contribution < 1.29 is 0 Å². The first-order chi connectivity index (χ1) is 12.8. The molecule has 0 spiro atoms. The molecule has 0 aliphatic carbocycles. The highest BCUT2D eigenvalue weighted by Gasteiger charge is 2.03. The van der Waals surface area contributed by atoms with Gasteiger partial charge in [0.25, 0.3) is 0 Å². The van der Waals surface area contributed by atoms with Gasteiger partial charge in [-0.15, -0.1) is 0 Å². The van der Waals surface area contributed by atoms with E-state index in [4.69, 9.17) is 5.73 Å². The fraction of sp³-hybridized carbons (Fsp3) is 1.00. The van der Waals surface area contributed by atoms with Crippen molar-refractivity contribution in [3.8, 4) is 0 Å². The molecule has 0 heterocycles.